The molecule has 1 aliphatic heterocycles. The van der Waals surface area contributed by atoms with Crippen molar-refractivity contribution in [3.63, 3.8) is 0 Å². The first-order chi connectivity index (χ1) is 5.15. The van der Waals surface area contributed by atoms with Gasteiger partial charge in [-0.2, -0.15) is 0 Å². The van der Waals surface area contributed by atoms with E-state index in [2.05, 4.69) is 36.9 Å². The van der Waals surface area contributed by atoms with E-state index in [4.69, 9.17) is 0 Å². The summed E-state index contributed by atoms with van der Waals surface area (Å²) in [4.78, 5) is 15.4. The van der Waals surface area contributed by atoms with Crippen molar-refractivity contribution in [2.75, 3.05) is 5.33 Å². The number of rotatable bonds is 2. The summed E-state index contributed by atoms with van der Waals surface area (Å²) in [6, 6.07) is 0.111. The highest BCUT2D eigenvalue weighted by Crippen LogP contribution is 2.30. The predicted molar refractivity (Wildman–Crippen MR) is 56.0 cm³/mol. The molecule has 62 valence electrons. The Morgan fingerprint density at radius 3 is 2.82 bits per heavy atom. The average molecular weight is 301 g/mol. The van der Waals surface area contributed by atoms with Crippen molar-refractivity contribution in [3.05, 3.63) is 0 Å². The van der Waals surface area contributed by atoms with Crippen LogP contribution in [0.4, 0.5) is 0 Å². The molecule has 0 bridgehead atoms. The van der Waals surface area contributed by atoms with E-state index in [0.717, 1.165) is 3.95 Å². The number of carbonyl (C=O) groups is 1. The summed E-state index contributed by atoms with van der Waals surface area (Å²) < 4.78 is 0.837. The number of hydrogen-bond acceptors (Lipinski definition) is 3. The van der Waals surface area contributed by atoms with Crippen LogP contribution < -0.4 is 0 Å². The number of hydrogen-bond donors (Lipinski definition) is 0. The van der Waals surface area contributed by atoms with Gasteiger partial charge in [0.05, 0.1) is 16.6 Å². The molecule has 2 nitrogen and oxygen atoms in total. The van der Waals surface area contributed by atoms with Gasteiger partial charge in [-0.05, 0) is 22.9 Å². The second kappa shape index (κ2) is 4.05. The zero-order chi connectivity index (χ0) is 8.43. The van der Waals surface area contributed by atoms with Crippen LogP contribution in [0.15, 0.2) is 4.99 Å². The number of carbonyl (C=O) groups excluding carboxylic acids is 1. The van der Waals surface area contributed by atoms with E-state index in [1.54, 1.807) is 0 Å². The summed E-state index contributed by atoms with van der Waals surface area (Å²) in [6.45, 7) is 1.95. The second-order valence-corrected chi connectivity index (χ2v) is 5.23. The van der Waals surface area contributed by atoms with Crippen LogP contribution in [0.3, 0.4) is 0 Å². The molecule has 0 aromatic heterocycles. The van der Waals surface area contributed by atoms with Crippen molar-refractivity contribution in [2.45, 2.75) is 18.2 Å². The van der Waals surface area contributed by atoms with Crippen LogP contribution in [0.2, 0.25) is 0 Å². The van der Waals surface area contributed by atoms with Gasteiger partial charge in [-0.1, -0.05) is 27.7 Å². The van der Waals surface area contributed by atoms with E-state index in [0.29, 0.717) is 5.33 Å². The summed E-state index contributed by atoms with van der Waals surface area (Å²) in [7, 11) is 0. The fourth-order valence-electron chi connectivity index (χ4n) is 0.872. The lowest BCUT2D eigenvalue weighted by Crippen LogP contribution is -2.25. The van der Waals surface area contributed by atoms with E-state index < -0.39 is 0 Å². The minimum atomic E-state index is 0.00347. The van der Waals surface area contributed by atoms with E-state index in [1.807, 2.05) is 6.92 Å². The van der Waals surface area contributed by atoms with E-state index >= 15 is 0 Å². The molecular formula is C6H7Br2NOS. The molecule has 0 aromatic rings. The number of aliphatic imine (C=N–C) groups is 1. The topological polar surface area (TPSA) is 29.4 Å². The number of halogens is 2. The summed E-state index contributed by atoms with van der Waals surface area (Å²) >= 11 is 7.90. The molecule has 0 fully saturated rings. The highest BCUT2D eigenvalue weighted by molar-refractivity contribution is 9.22. The molecule has 0 radical (unpaired) electrons. The molecule has 0 amide bonds. The first-order valence-electron chi connectivity index (χ1n) is 3.13. The third kappa shape index (κ3) is 2.29. The highest BCUT2D eigenvalue weighted by Gasteiger charge is 2.30. The van der Waals surface area contributed by atoms with Crippen LogP contribution in [0, 0.1) is 0 Å². The molecule has 2 unspecified atom stereocenters. The van der Waals surface area contributed by atoms with Crippen molar-refractivity contribution < 1.29 is 4.79 Å². The Morgan fingerprint density at radius 2 is 2.45 bits per heavy atom. The second-order valence-electron chi connectivity index (χ2n) is 2.26. The van der Waals surface area contributed by atoms with Gasteiger partial charge >= 0.3 is 0 Å². The highest BCUT2D eigenvalue weighted by atomic mass is 79.9. The minimum Gasteiger partial charge on any atom is -0.297 e. The van der Waals surface area contributed by atoms with Gasteiger partial charge in [0.25, 0.3) is 0 Å². The fourth-order valence-corrected chi connectivity index (χ4v) is 3.27. The largest absolute Gasteiger partial charge is 0.297 e. The van der Waals surface area contributed by atoms with Gasteiger partial charge in [0.2, 0.25) is 0 Å². The molecular weight excluding hydrogens is 294 g/mol. The van der Waals surface area contributed by atoms with Crippen molar-refractivity contribution in [1.82, 2.24) is 0 Å². The van der Waals surface area contributed by atoms with Crippen LogP contribution in [-0.2, 0) is 4.79 Å². The van der Waals surface area contributed by atoms with Crippen LogP contribution in [0.25, 0.3) is 0 Å². The van der Waals surface area contributed by atoms with E-state index in [9.17, 15) is 4.79 Å². The van der Waals surface area contributed by atoms with Gasteiger partial charge in [-0.25, -0.2) is 0 Å². The maximum absolute atomic E-state index is 11.2. The zero-order valence-corrected chi connectivity index (χ0v) is 9.87. The molecule has 1 heterocycles. The SMILES string of the molecule is CC1N=C(Br)SC1C(=O)CBr. The lowest BCUT2D eigenvalue weighted by molar-refractivity contribution is -0.116. The first-order valence-corrected chi connectivity index (χ1v) is 5.93. The Kier molecular flexibility index (Phi) is 3.58. The van der Waals surface area contributed by atoms with Gasteiger partial charge in [0.1, 0.15) is 3.95 Å². The molecule has 0 N–H and O–H groups in total. The van der Waals surface area contributed by atoms with Crippen molar-refractivity contribution >= 4 is 53.4 Å². The monoisotopic (exact) mass is 299 g/mol. The standard InChI is InChI=1S/C6H7Br2NOS/c1-3-5(4(10)2-7)11-6(8)9-3/h3,5H,2H2,1H3. The number of ketones is 1. The van der Waals surface area contributed by atoms with Crippen LogP contribution in [-0.4, -0.2) is 26.4 Å². The summed E-state index contributed by atoms with van der Waals surface area (Å²) in [5.41, 5.74) is 0. The Hall–Kier alpha value is 0.650. The summed E-state index contributed by atoms with van der Waals surface area (Å²) in [5, 5.41) is 0.425. The Morgan fingerprint density at radius 1 is 1.82 bits per heavy atom. The number of Topliss-reactive ketones (excluding diaryl/α,β-unsaturated/α-hetero) is 1. The van der Waals surface area contributed by atoms with Crippen molar-refractivity contribution in [2.24, 2.45) is 4.99 Å². The van der Waals surface area contributed by atoms with Gasteiger partial charge in [0, 0.05) is 0 Å². The Labute approximate surface area is 86.5 Å². The predicted octanol–water partition coefficient (Wildman–Crippen LogP) is 2.21. The number of alkyl halides is 1. The molecule has 0 spiro atoms. The van der Waals surface area contributed by atoms with Crippen LogP contribution in [0.1, 0.15) is 6.92 Å². The quantitative estimate of drug-likeness (QED) is 0.732. The average Bonchev–Trinajstić information content (AvgIpc) is 2.28. The smallest absolute Gasteiger partial charge is 0.158 e. The molecule has 0 saturated heterocycles. The van der Waals surface area contributed by atoms with Gasteiger partial charge in [-0.15, -0.1) is 0 Å². The Balaban J connectivity index is 2.59. The van der Waals surface area contributed by atoms with Gasteiger partial charge in [0.15, 0.2) is 5.78 Å². The Bertz CT molecular complexity index is 207. The maximum atomic E-state index is 11.2. The van der Waals surface area contributed by atoms with Crippen LogP contribution >= 0.6 is 43.6 Å². The minimum absolute atomic E-state index is 0.00347. The molecule has 0 aliphatic carbocycles. The molecule has 5 heteroatoms. The van der Waals surface area contributed by atoms with E-state index in [-0.39, 0.29) is 17.1 Å². The molecule has 1 rings (SSSR count). The molecule has 2 atom stereocenters. The number of nitrogens with zero attached hydrogens (tertiary/aromatic N) is 1. The first kappa shape index (κ1) is 9.74. The van der Waals surface area contributed by atoms with Crippen LogP contribution in [0.5, 0.6) is 0 Å². The van der Waals surface area contributed by atoms with Crippen molar-refractivity contribution in [3.8, 4) is 0 Å². The summed E-state index contributed by atoms with van der Waals surface area (Å²) in [5.74, 6) is 0.209. The maximum Gasteiger partial charge on any atom is 0.158 e. The summed E-state index contributed by atoms with van der Waals surface area (Å²) in [6.07, 6.45) is 0. The number of thioether (sulfide) groups is 1. The van der Waals surface area contributed by atoms with Crippen molar-refractivity contribution in [1.29, 1.82) is 0 Å². The third-order valence-electron chi connectivity index (χ3n) is 1.42. The molecule has 0 aromatic carbocycles. The van der Waals surface area contributed by atoms with Gasteiger partial charge < -0.3 is 0 Å². The molecule has 0 saturated carbocycles. The van der Waals surface area contributed by atoms with Gasteiger partial charge in [-0.3, -0.25) is 9.79 Å². The lowest BCUT2D eigenvalue weighted by atomic mass is 10.2. The normalized spacial score (nSPS) is 30.3. The fraction of sp³-hybridized carbons (Fsp3) is 0.667. The van der Waals surface area contributed by atoms with E-state index in [1.165, 1.54) is 11.8 Å². The zero-order valence-electron chi connectivity index (χ0n) is 5.88. The third-order valence-corrected chi connectivity index (χ3v) is 3.95. The molecule has 1 aliphatic rings. The molecule has 11 heavy (non-hydrogen) atoms. The lowest BCUT2D eigenvalue weighted by Gasteiger charge is -2.08.